The van der Waals surface area contributed by atoms with Gasteiger partial charge in [0.25, 0.3) is 0 Å². The first-order valence-electron chi connectivity index (χ1n) is 10.1. The molecule has 1 aliphatic carbocycles. The molecule has 1 aliphatic rings. The van der Waals surface area contributed by atoms with E-state index in [9.17, 15) is 22.8 Å². The minimum atomic E-state index is -5.10. The number of methoxy groups -OCH3 is 1. The summed E-state index contributed by atoms with van der Waals surface area (Å²) in [6.45, 7) is -0.358. The van der Waals surface area contributed by atoms with Crippen LogP contribution in [-0.2, 0) is 16.1 Å². The van der Waals surface area contributed by atoms with Gasteiger partial charge in [0.2, 0.25) is 5.91 Å². The summed E-state index contributed by atoms with van der Waals surface area (Å²) >= 11 is 1.15. The molecule has 168 valence electrons. The summed E-state index contributed by atoms with van der Waals surface area (Å²) in [6, 6.07) is 8.16. The van der Waals surface area contributed by atoms with E-state index in [1.165, 1.54) is 7.11 Å². The monoisotopic (exact) mass is 454 g/mol. The summed E-state index contributed by atoms with van der Waals surface area (Å²) in [5, 5.41) is 4.56. The molecule has 2 aromatic rings. The van der Waals surface area contributed by atoms with Gasteiger partial charge < -0.3 is 15.0 Å². The fourth-order valence-corrected chi connectivity index (χ4v) is 4.60. The first-order chi connectivity index (χ1) is 14.8. The number of rotatable bonds is 7. The van der Waals surface area contributed by atoms with E-state index in [0.717, 1.165) is 43.4 Å². The third-order valence-corrected chi connectivity index (χ3v) is 6.26. The summed E-state index contributed by atoms with van der Waals surface area (Å²) in [5.41, 5.74) is 0.463. The zero-order chi connectivity index (χ0) is 22.4. The highest BCUT2D eigenvalue weighted by atomic mass is 32.1. The number of amides is 2. The van der Waals surface area contributed by atoms with Crippen molar-refractivity contribution in [1.29, 1.82) is 0 Å². The van der Waals surface area contributed by atoms with Gasteiger partial charge in [-0.25, -0.2) is 0 Å². The Labute approximate surface area is 183 Å². The molecule has 1 N–H and O–H groups in total. The van der Waals surface area contributed by atoms with Gasteiger partial charge in [-0.15, -0.1) is 11.3 Å². The number of hydrogen-bond acceptors (Lipinski definition) is 4. The Balaban J connectivity index is 1.93. The molecule has 1 atom stereocenters. The third-order valence-electron chi connectivity index (χ3n) is 5.34. The van der Waals surface area contributed by atoms with E-state index >= 15 is 0 Å². The summed E-state index contributed by atoms with van der Waals surface area (Å²) in [5.74, 6) is -2.08. The molecule has 0 spiro atoms. The van der Waals surface area contributed by atoms with E-state index in [1.54, 1.807) is 41.8 Å². The van der Waals surface area contributed by atoms with Crippen molar-refractivity contribution in [2.75, 3.05) is 7.11 Å². The van der Waals surface area contributed by atoms with Crippen LogP contribution in [0.25, 0.3) is 0 Å². The summed E-state index contributed by atoms with van der Waals surface area (Å²) in [6.07, 6.45) is -0.523. The number of carbonyl (C=O) groups is 2. The van der Waals surface area contributed by atoms with Crippen LogP contribution in [0.15, 0.2) is 41.8 Å². The van der Waals surface area contributed by atoms with Gasteiger partial charge in [0, 0.05) is 17.5 Å². The largest absolute Gasteiger partial charge is 0.497 e. The Bertz CT molecular complexity index is 863. The van der Waals surface area contributed by atoms with Crippen LogP contribution < -0.4 is 10.1 Å². The Morgan fingerprint density at radius 3 is 2.39 bits per heavy atom. The molecule has 31 heavy (non-hydrogen) atoms. The van der Waals surface area contributed by atoms with E-state index in [1.807, 2.05) is 0 Å². The number of benzene rings is 1. The molecule has 1 unspecified atom stereocenters. The second-order valence-electron chi connectivity index (χ2n) is 7.54. The van der Waals surface area contributed by atoms with E-state index in [-0.39, 0.29) is 12.6 Å². The third kappa shape index (κ3) is 6.00. The number of carbonyl (C=O) groups excluding carboxylic acids is 2. The molecule has 1 heterocycles. The van der Waals surface area contributed by atoms with E-state index in [0.29, 0.717) is 21.1 Å². The van der Waals surface area contributed by atoms with Gasteiger partial charge in [0.15, 0.2) is 0 Å². The van der Waals surface area contributed by atoms with Crippen molar-refractivity contribution in [3.63, 3.8) is 0 Å². The topological polar surface area (TPSA) is 58.6 Å². The van der Waals surface area contributed by atoms with Crippen molar-refractivity contribution in [1.82, 2.24) is 10.2 Å². The standard InChI is InChI=1S/C22H25F3N2O3S/c1-30-17-11-9-15(10-12-17)14-27(21(29)22(23,24)25)19(18-8-5-13-31-18)20(28)26-16-6-3-2-4-7-16/h5,8-13,16,19H,2-4,6-7,14H2,1H3,(H,26,28). The van der Waals surface area contributed by atoms with Crippen molar-refractivity contribution in [3.05, 3.63) is 52.2 Å². The van der Waals surface area contributed by atoms with Gasteiger partial charge in [0.1, 0.15) is 11.8 Å². The van der Waals surface area contributed by atoms with Crippen LogP contribution in [0.5, 0.6) is 5.75 Å². The van der Waals surface area contributed by atoms with Gasteiger partial charge in [-0.3, -0.25) is 9.59 Å². The second-order valence-corrected chi connectivity index (χ2v) is 8.52. The van der Waals surface area contributed by atoms with Gasteiger partial charge in [-0.1, -0.05) is 37.5 Å². The highest BCUT2D eigenvalue weighted by molar-refractivity contribution is 7.10. The molecule has 1 aromatic carbocycles. The first kappa shape index (κ1) is 23.1. The lowest BCUT2D eigenvalue weighted by atomic mass is 9.95. The highest BCUT2D eigenvalue weighted by Gasteiger charge is 2.47. The maximum atomic E-state index is 13.5. The average Bonchev–Trinajstić information content (AvgIpc) is 3.27. The maximum Gasteiger partial charge on any atom is 0.471 e. The molecule has 0 bridgehead atoms. The number of nitrogens with one attached hydrogen (secondary N) is 1. The van der Waals surface area contributed by atoms with Crippen LogP contribution in [0, 0.1) is 0 Å². The molecule has 1 fully saturated rings. The van der Waals surface area contributed by atoms with Gasteiger partial charge in [-0.2, -0.15) is 13.2 Å². The quantitative estimate of drug-likeness (QED) is 0.652. The fourth-order valence-electron chi connectivity index (χ4n) is 3.77. The number of halogens is 3. The van der Waals surface area contributed by atoms with E-state index in [4.69, 9.17) is 4.74 Å². The Kier molecular flexibility index (Phi) is 7.59. The molecule has 0 saturated heterocycles. The predicted octanol–water partition coefficient (Wildman–Crippen LogP) is 4.84. The normalized spacial score (nSPS) is 15.9. The Morgan fingerprint density at radius 1 is 1.16 bits per heavy atom. The van der Waals surface area contributed by atoms with Crippen molar-refractivity contribution in [2.24, 2.45) is 0 Å². The van der Waals surface area contributed by atoms with Crippen molar-refractivity contribution < 1.29 is 27.5 Å². The SMILES string of the molecule is COc1ccc(CN(C(=O)C(F)(F)F)C(C(=O)NC2CCCCC2)c2cccs2)cc1. The number of alkyl halides is 3. The average molecular weight is 455 g/mol. The van der Waals surface area contributed by atoms with Crippen LogP contribution >= 0.6 is 11.3 Å². The summed E-state index contributed by atoms with van der Waals surface area (Å²) in [7, 11) is 1.48. The first-order valence-corrected chi connectivity index (χ1v) is 11.0. The summed E-state index contributed by atoms with van der Waals surface area (Å²) in [4.78, 5) is 26.6. The van der Waals surface area contributed by atoms with E-state index in [2.05, 4.69) is 5.32 Å². The van der Waals surface area contributed by atoms with Crippen LogP contribution in [0.3, 0.4) is 0 Å². The van der Waals surface area contributed by atoms with Crippen molar-refractivity contribution in [3.8, 4) is 5.75 Å². The second kappa shape index (κ2) is 10.2. The smallest absolute Gasteiger partial charge is 0.471 e. The number of thiophene rings is 1. The van der Waals surface area contributed by atoms with Gasteiger partial charge >= 0.3 is 12.1 Å². The Morgan fingerprint density at radius 2 is 1.84 bits per heavy atom. The molecule has 0 radical (unpaired) electrons. The lowest BCUT2D eigenvalue weighted by Crippen LogP contribution is -2.49. The molecular formula is C22H25F3N2O3S. The predicted molar refractivity (Wildman–Crippen MR) is 112 cm³/mol. The van der Waals surface area contributed by atoms with Crippen LogP contribution in [0.2, 0.25) is 0 Å². The molecular weight excluding hydrogens is 429 g/mol. The minimum absolute atomic E-state index is 0.0902. The van der Waals surface area contributed by atoms with Crippen molar-refractivity contribution >= 4 is 23.2 Å². The molecule has 1 saturated carbocycles. The van der Waals surface area contributed by atoms with E-state index < -0.39 is 24.0 Å². The lowest BCUT2D eigenvalue weighted by molar-refractivity contribution is -0.189. The van der Waals surface area contributed by atoms with Crippen LogP contribution in [0.1, 0.15) is 48.6 Å². The highest BCUT2D eigenvalue weighted by Crippen LogP contribution is 2.32. The van der Waals surface area contributed by atoms with Crippen LogP contribution in [-0.4, -0.2) is 36.0 Å². The van der Waals surface area contributed by atoms with Crippen molar-refractivity contribution in [2.45, 2.75) is 56.9 Å². The molecule has 1 aromatic heterocycles. The zero-order valence-electron chi connectivity index (χ0n) is 17.2. The lowest BCUT2D eigenvalue weighted by Gasteiger charge is -2.33. The fraction of sp³-hybridized carbons (Fsp3) is 0.455. The Hall–Kier alpha value is -2.55. The molecule has 9 heteroatoms. The van der Waals surface area contributed by atoms with Crippen LogP contribution in [0.4, 0.5) is 13.2 Å². The molecule has 5 nitrogen and oxygen atoms in total. The number of nitrogens with zero attached hydrogens (tertiary/aromatic N) is 1. The van der Waals surface area contributed by atoms with Gasteiger partial charge in [-0.05, 0) is 42.0 Å². The van der Waals surface area contributed by atoms with Gasteiger partial charge in [0.05, 0.1) is 7.11 Å². The molecule has 0 aliphatic heterocycles. The maximum absolute atomic E-state index is 13.5. The number of ether oxygens (including phenoxy) is 1. The molecule has 3 rings (SSSR count). The minimum Gasteiger partial charge on any atom is -0.497 e. The zero-order valence-corrected chi connectivity index (χ0v) is 18.0. The molecule has 2 amide bonds. The summed E-state index contributed by atoms with van der Waals surface area (Å²) < 4.78 is 45.6. The number of hydrogen-bond donors (Lipinski definition) is 1.